The molecule has 1 aromatic heterocycles. The number of carbonyl (C=O) groups excluding carboxylic acids is 1. The normalized spacial score (nSPS) is 16.8. The Balaban J connectivity index is 1.69. The van der Waals surface area contributed by atoms with Gasteiger partial charge in [-0.3, -0.25) is 14.5 Å². The van der Waals surface area contributed by atoms with Crippen LogP contribution in [0.3, 0.4) is 0 Å². The molecular formula is C16H18N4O3. The molecule has 120 valence electrons. The molecule has 2 heterocycles. The Kier molecular flexibility index (Phi) is 4.68. The first-order valence-corrected chi connectivity index (χ1v) is 7.46. The van der Waals surface area contributed by atoms with Gasteiger partial charge in [-0.1, -0.05) is 30.3 Å². The molecule has 1 unspecified atom stereocenters. The summed E-state index contributed by atoms with van der Waals surface area (Å²) >= 11 is 0. The number of carbonyl (C=O) groups is 1. The summed E-state index contributed by atoms with van der Waals surface area (Å²) in [5.41, 5.74) is 0.784. The number of piperazine rings is 1. The highest BCUT2D eigenvalue weighted by Gasteiger charge is 2.26. The molecule has 2 aromatic rings. The maximum atomic E-state index is 11.4. The summed E-state index contributed by atoms with van der Waals surface area (Å²) in [4.78, 5) is 33.1. The fourth-order valence-corrected chi connectivity index (χ4v) is 2.76. The van der Waals surface area contributed by atoms with Crippen LogP contribution in [0.1, 0.15) is 11.8 Å². The highest BCUT2D eigenvalue weighted by atomic mass is 16.5. The van der Waals surface area contributed by atoms with E-state index >= 15 is 0 Å². The second kappa shape index (κ2) is 7.06. The van der Waals surface area contributed by atoms with Gasteiger partial charge in [-0.15, -0.1) is 0 Å². The summed E-state index contributed by atoms with van der Waals surface area (Å²) in [6, 6.07) is 11.2. The first kappa shape index (κ1) is 15.2. The Morgan fingerprint density at radius 3 is 2.57 bits per heavy atom. The Labute approximate surface area is 133 Å². The SMILES string of the molecule is O=COC(c1ccccc1)N1CCN(c2cc(=O)[nH]cn2)CC1. The fraction of sp³-hybridized carbons (Fsp3) is 0.312. The van der Waals surface area contributed by atoms with Gasteiger partial charge in [-0.25, -0.2) is 4.98 Å². The van der Waals surface area contributed by atoms with Crippen molar-refractivity contribution in [1.29, 1.82) is 0 Å². The van der Waals surface area contributed by atoms with Crippen LogP contribution >= 0.6 is 0 Å². The van der Waals surface area contributed by atoms with Gasteiger partial charge >= 0.3 is 0 Å². The molecule has 0 aliphatic carbocycles. The third-order valence-electron chi connectivity index (χ3n) is 3.90. The van der Waals surface area contributed by atoms with Gasteiger partial charge in [0.1, 0.15) is 5.82 Å². The summed E-state index contributed by atoms with van der Waals surface area (Å²) in [6.45, 7) is 3.33. The smallest absolute Gasteiger partial charge is 0.294 e. The number of aromatic nitrogens is 2. The van der Waals surface area contributed by atoms with E-state index in [0.29, 0.717) is 38.5 Å². The van der Waals surface area contributed by atoms with Crippen molar-refractivity contribution in [3.8, 4) is 0 Å². The molecule has 3 rings (SSSR count). The number of ether oxygens (including phenoxy) is 1. The van der Waals surface area contributed by atoms with Crippen LogP contribution < -0.4 is 10.5 Å². The summed E-state index contributed by atoms with van der Waals surface area (Å²) < 4.78 is 5.28. The lowest BCUT2D eigenvalue weighted by atomic mass is 10.1. The molecule has 1 aromatic carbocycles. The summed E-state index contributed by atoms with van der Waals surface area (Å²) in [7, 11) is 0. The van der Waals surface area contributed by atoms with Crippen LogP contribution in [-0.4, -0.2) is 47.5 Å². The van der Waals surface area contributed by atoms with Crippen LogP contribution in [0.5, 0.6) is 0 Å². The third-order valence-corrected chi connectivity index (χ3v) is 3.90. The van der Waals surface area contributed by atoms with Crippen molar-refractivity contribution in [2.24, 2.45) is 0 Å². The fourth-order valence-electron chi connectivity index (χ4n) is 2.76. The number of benzene rings is 1. The highest BCUT2D eigenvalue weighted by Crippen LogP contribution is 2.23. The molecule has 1 aliphatic rings. The van der Waals surface area contributed by atoms with E-state index in [1.807, 2.05) is 30.3 Å². The van der Waals surface area contributed by atoms with E-state index in [9.17, 15) is 9.59 Å². The van der Waals surface area contributed by atoms with Gasteiger partial charge in [-0.05, 0) is 0 Å². The van der Waals surface area contributed by atoms with Gasteiger partial charge in [-0.2, -0.15) is 0 Å². The van der Waals surface area contributed by atoms with Crippen molar-refractivity contribution < 1.29 is 9.53 Å². The Morgan fingerprint density at radius 2 is 1.91 bits per heavy atom. The summed E-state index contributed by atoms with van der Waals surface area (Å²) in [5, 5.41) is 0. The van der Waals surface area contributed by atoms with Crippen molar-refractivity contribution in [2.45, 2.75) is 6.23 Å². The quantitative estimate of drug-likeness (QED) is 0.821. The monoisotopic (exact) mass is 314 g/mol. The van der Waals surface area contributed by atoms with Crippen LogP contribution in [0.2, 0.25) is 0 Å². The zero-order valence-electron chi connectivity index (χ0n) is 12.6. The lowest BCUT2D eigenvalue weighted by Crippen LogP contribution is -2.48. The molecule has 0 radical (unpaired) electrons. The molecule has 7 heteroatoms. The van der Waals surface area contributed by atoms with E-state index in [2.05, 4.69) is 19.8 Å². The molecule has 7 nitrogen and oxygen atoms in total. The largest absolute Gasteiger partial charge is 0.444 e. The van der Waals surface area contributed by atoms with Crippen molar-refractivity contribution in [2.75, 3.05) is 31.1 Å². The van der Waals surface area contributed by atoms with Crippen molar-refractivity contribution in [1.82, 2.24) is 14.9 Å². The molecule has 0 bridgehead atoms. The van der Waals surface area contributed by atoms with Gasteiger partial charge in [0.05, 0.1) is 6.33 Å². The van der Waals surface area contributed by atoms with Crippen molar-refractivity contribution in [3.63, 3.8) is 0 Å². The van der Waals surface area contributed by atoms with Crippen LogP contribution in [-0.2, 0) is 9.53 Å². The van der Waals surface area contributed by atoms with E-state index in [1.165, 1.54) is 12.4 Å². The van der Waals surface area contributed by atoms with Crippen molar-refractivity contribution >= 4 is 12.3 Å². The molecule has 0 spiro atoms. The number of anilines is 1. The number of rotatable bonds is 5. The van der Waals surface area contributed by atoms with E-state index in [0.717, 1.165) is 5.56 Å². The lowest BCUT2D eigenvalue weighted by molar-refractivity contribution is -0.144. The number of hydrogen-bond acceptors (Lipinski definition) is 6. The second-order valence-electron chi connectivity index (χ2n) is 5.29. The number of nitrogens with one attached hydrogen (secondary N) is 1. The Bertz CT molecular complexity index is 696. The summed E-state index contributed by atoms with van der Waals surface area (Å²) in [6.07, 6.45) is 1.02. The highest BCUT2D eigenvalue weighted by molar-refractivity contribution is 5.39. The van der Waals surface area contributed by atoms with E-state index in [1.54, 1.807) is 0 Å². The van der Waals surface area contributed by atoms with E-state index in [4.69, 9.17) is 4.74 Å². The van der Waals surface area contributed by atoms with Crippen LogP contribution in [0.15, 0.2) is 47.5 Å². The van der Waals surface area contributed by atoms with Gasteiger partial charge in [0, 0.05) is 37.8 Å². The molecule has 1 atom stereocenters. The molecule has 1 N–H and O–H groups in total. The van der Waals surface area contributed by atoms with Gasteiger partial charge in [0.25, 0.3) is 12.0 Å². The predicted octanol–water partition coefficient (Wildman–Crippen LogP) is 0.764. The number of hydrogen-bond donors (Lipinski definition) is 1. The second-order valence-corrected chi connectivity index (χ2v) is 5.29. The molecule has 23 heavy (non-hydrogen) atoms. The van der Waals surface area contributed by atoms with Crippen LogP contribution in [0.4, 0.5) is 5.82 Å². The first-order chi connectivity index (χ1) is 11.3. The van der Waals surface area contributed by atoms with Crippen molar-refractivity contribution in [3.05, 3.63) is 58.6 Å². The molecule has 0 amide bonds. The van der Waals surface area contributed by atoms with E-state index in [-0.39, 0.29) is 11.8 Å². The summed E-state index contributed by atoms with van der Waals surface area (Å²) in [5.74, 6) is 0.668. The standard InChI is InChI=1S/C16H18N4O3/c21-12-23-16(13-4-2-1-3-5-13)20-8-6-19(7-9-20)14-10-15(22)18-11-17-14/h1-5,10-12,16H,6-9H2,(H,17,18,22). The zero-order chi connectivity index (χ0) is 16.1. The molecule has 1 aliphatic heterocycles. The molecule has 1 fully saturated rings. The van der Waals surface area contributed by atoms with Gasteiger partial charge in [0.2, 0.25) is 0 Å². The minimum Gasteiger partial charge on any atom is -0.444 e. The maximum Gasteiger partial charge on any atom is 0.294 e. The van der Waals surface area contributed by atoms with Crippen LogP contribution in [0, 0.1) is 0 Å². The van der Waals surface area contributed by atoms with Gasteiger partial charge in [0.15, 0.2) is 6.23 Å². The molecule has 1 saturated heterocycles. The molecular weight excluding hydrogens is 296 g/mol. The van der Waals surface area contributed by atoms with Crippen LogP contribution in [0.25, 0.3) is 0 Å². The topological polar surface area (TPSA) is 78.5 Å². The minimum atomic E-state index is -0.386. The maximum absolute atomic E-state index is 11.4. The first-order valence-electron chi connectivity index (χ1n) is 7.46. The Hall–Kier alpha value is -2.67. The van der Waals surface area contributed by atoms with Gasteiger partial charge < -0.3 is 14.6 Å². The third kappa shape index (κ3) is 3.57. The average molecular weight is 314 g/mol. The minimum absolute atomic E-state index is 0.163. The number of nitrogens with zero attached hydrogens (tertiary/aromatic N) is 3. The number of H-pyrrole nitrogens is 1. The lowest BCUT2D eigenvalue weighted by Gasteiger charge is -2.38. The zero-order valence-corrected chi connectivity index (χ0v) is 12.6. The Morgan fingerprint density at radius 1 is 1.17 bits per heavy atom. The average Bonchev–Trinajstić information content (AvgIpc) is 2.61. The predicted molar refractivity (Wildman–Crippen MR) is 85.0 cm³/mol. The molecule has 0 saturated carbocycles. The number of aromatic amines is 1. The van der Waals surface area contributed by atoms with E-state index < -0.39 is 0 Å².